The minimum Gasteiger partial charge on any atom is -0.240 e. The summed E-state index contributed by atoms with van der Waals surface area (Å²) in [5.74, 6) is 0. The molecular formula is C21H15BrN2. The van der Waals surface area contributed by atoms with E-state index < -0.39 is 0 Å². The van der Waals surface area contributed by atoms with Crippen LogP contribution in [0, 0.1) is 0 Å². The molecule has 4 rings (SSSR count). The quantitative estimate of drug-likeness (QED) is 0.431. The first kappa shape index (κ1) is 14.9. The van der Waals surface area contributed by atoms with Crippen molar-refractivity contribution in [2.45, 2.75) is 0 Å². The summed E-state index contributed by atoms with van der Waals surface area (Å²) < 4.78 is 2.94. The van der Waals surface area contributed by atoms with E-state index in [1.165, 1.54) is 11.1 Å². The van der Waals surface area contributed by atoms with E-state index in [0.29, 0.717) is 0 Å². The third-order valence-corrected chi connectivity index (χ3v) is 4.47. The molecule has 0 aliphatic rings. The monoisotopic (exact) mass is 374 g/mol. The predicted octanol–water partition coefficient (Wildman–Crippen LogP) is 5.97. The lowest BCUT2D eigenvalue weighted by molar-refractivity contribution is 0.880. The highest BCUT2D eigenvalue weighted by atomic mass is 79.9. The fourth-order valence-electron chi connectivity index (χ4n) is 2.72. The molecule has 0 spiro atoms. The highest BCUT2D eigenvalue weighted by molar-refractivity contribution is 9.10. The lowest BCUT2D eigenvalue weighted by Crippen LogP contribution is -1.93. The summed E-state index contributed by atoms with van der Waals surface area (Å²) in [4.78, 5) is 0. The van der Waals surface area contributed by atoms with E-state index in [9.17, 15) is 0 Å². The van der Waals surface area contributed by atoms with Gasteiger partial charge < -0.3 is 0 Å². The summed E-state index contributed by atoms with van der Waals surface area (Å²) in [5.41, 5.74) is 5.76. The average Bonchev–Trinajstić information content (AvgIpc) is 3.13. The van der Waals surface area contributed by atoms with Gasteiger partial charge in [0.2, 0.25) is 0 Å². The van der Waals surface area contributed by atoms with Gasteiger partial charge in [0.1, 0.15) is 0 Å². The molecule has 24 heavy (non-hydrogen) atoms. The van der Waals surface area contributed by atoms with E-state index in [4.69, 9.17) is 0 Å². The molecule has 4 aromatic rings. The molecule has 0 fully saturated rings. The standard InChI is InChI=1S/C21H15BrN2/c22-20-7-4-8-21(13-20)24-15-19(14-23-24)18-11-9-17(10-12-18)16-5-2-1-3-6-16/h1-15H. The summed E-state index contributed by atoms with van der Waals surface area (Å²) in [6.45, 7) is 0. The zero-order valence-electron chi connectivity index (χ0n) is 12.9. The molecule has 0 unspecified atom stereocenters. The Kier molecular flexibility index (Phi) is 4.01. The van der Waals surface area contributed by atoms with Crippen molar-refractivity contribution in [1.82, 2.24) is 9.78 Å². The van der Waals surface area contributed by atoms with Crippen LogP contribution in [0.2, 0.25) is 0 Å². The Balaban J connectivity index is 1.63. The van der Waals surface area contributed by atoms with E-state index in [2.05, 4.69) is 81.8 Å². The second-order valence-electron chi connectivity index (χ2n) is 5.60. The smallest absolute Gasteiger partial charge is 0.0657 e. The van der Waals surface area contributed by atoms with Crippen LogP contribution in [0.15, 0.2) is 95.7 Å². The Bertz CT molecular complexity index is 957. The van der Waals surface area contributed by atoms with Gasteiger partial charge in [0, 0.05) is 16.2 Å². The molecule has 2 nitrogen and oxygen atoms in total. The van der Waals surface area contributed by atoms with Crippen molar-refractivity contribution in [3.05, 3.63) is 95.7 Å². The van der Waals surface area contributed by atoms with Gasteiger partial charge in [-0.1, -0.05) is 76.6 Å². The second-order valence-corrected chi connectivity index (χ2v) is 6.51. The molecule has 1 heterocycles. The molecule has 1 aromatic heterocycles. The fraction of sp³-hybridized carbons (Fsp3) is 0. The van der Waals surface area contributed by atoms with E-state index in [-0.39, 0.29) is 0 Å². The van der Waals surface area contributed by atoms with E-state index in [1.807, 2.05) is 35.1 Å². The maximum Gasteiger partial charge on any atom is 0.0657 e. The minimum absolute atomic E-state index is 1.04. The van der Waals surface area contributed by atoms with Crippen LogP contribution in [0.1, 0.15) is 0 Å². The summed E-state index contributed by atoms with van der Waals surface area (Å²) in [5, 5.41) is 4.48. The van der Waals surface area contributed by atoms with Gasteiger partial charge in [-0.25, -0.2) is 4.68 Å². The van der Waals surface area contributed by atoms with Crippen LogP contribution in [0.4, 0.5) is 0 Å². The normalized spacial score (nSPS) is 10.7. The first-order valence-corrected chi connectivity index (χ1v) is 8.55. The van der Waals surface area contributed by atoms with Gasteiger partial charge in [-0.15, -0.1) is 0 Å². The van der Waals surface area contributed by atoms with Crippen LogP contribution in [0.3, 0.4) is 0 Å². The van der Waals surface area contributed by atoms with Gasteiger partial charge in [-0.2, -0.15) is 5.10 Å². The minimum atomic E-state index is 1.04. The van der Waals surface area contributed by atoms with Crippen LogP contribution in [0.25, 0.3) is 27.9 Å². The number of halogens is 1. The summed E-state index contributed by atoms with van der Waals surface area (Å²) in [6, 6.07) is 27.1. The van der Waals surface area contributed by atoms with Crippen molar-refractivity contribution in [2.24, 2.45) is 0 Å². The molecule has 0 saturated carbocycles. The second kappa shape index (κ2) is 6.46. The first-order valence-electron chi connectivity index (χ1n) is 7.76. The Morgan fingerprint density at radius 2 is 1.33 bits per heavy atom. The highest BCUT2D eigenvalue weighted by Crippen LogP contribution is 2.25. The third-order valence-electron chi connectivity index (χ3n) is 3.98. The maximum absolute atomic E-state index is 4.48. The van der Waals surface area contributed by atoms with Crippen molar-refractivity contribution >= 4 is 15.9 Å². The van der Waals surface area contributed by atoms with Crippen molar-refractivity contribution in [1.29, 1.82) is 0 Å². The van der Waals surface area contributed by atoms with Crippen LogP contribution in [-0.4, -0.2) is 9.78 Å². The van der Waals surface area contributed by atoms with Crippen LogP contribution in [0.5, 0.6) is 0 Å². The van der Waals surface area contributed by atoms with Gasteiger partial charge in [0.05, 0.1) is 11.9 Å². The lowest BCUT2D eigenvalue weighted by Gasteiger charge is -2.03. The molecule has 0 bridgehead atoms. The van der Waals surface area contributed by atoms with Gasteiger partial charge in [-0.3, -0.25) is 0 Å². The largest absolute Gasteiger partial charge is 0.240 e. The Labute approximate surface area is 149 Å². The van der Waals surface area contributed by atoms with Gasteiger partial charge in [0.25, 0.3) is 0 Å². The number of hydrogen-bond acceptors (Lipinski definition) is 1. The zero-order chi connectivity index (χ0) is 16.4. The van der Waals surface area contributed by atoms with Crippen molar-refractivity contribution in [2.75, 3.05) is 0 Å². The van der Waals surface area contributed by atoms with Crippen molar-refractivity contribution in [3.8, 4) is 27.9 Å². The number of hydrogen-bond donors (Lipinski definition) is 0. The average molecular weight is 375 g/mol. The van der Waals surface area contributed by atoms with Crippen LogP contribution in [-0.2, 0) is 0 Å². The summed E-state index contributed by atoms with van der Waals surface area (Å²) in [7, 11) is 0. The predicted molar refractivity (Wildman–Crippen MR) is 102 cm³/mol. The van der Waals surface area contributed by atoms with Crippen LogP contribution >= 0.6 is 15.9 Å². The lowest BCUT2D eigenvalue weighted by atomic mass is 10.0. The number of aromatic nitrogens is 2. The molecular weight excluding hydrogens is 360 g/mol. The topological polar surface area (TPSA) is 17.8 Å². The molecule has 116 valence electrons. The molecule has 0 N–H and O–H groups in total. The molecule has 0 radical (unpaired) electrons. The number of rotatable bonds is 3. The first-order chi connectivity index (χ1) is 11.8. The summed E-state index contributed by atoms with van der Waals surface area (Å²) >= 11 is 3.50. The summed E-state index contributed by atoms with van der Waals surface area (Å²) in [6.07, 6.45) is 3.96. The van der Waals surface area contributed by atoms with Crippen molar-refractivity contribution < 1.29 is 0 Å². The Morgan fingerprint density at radius 1 is 0.667 bits per heavy atom. The molecule has 0 aliphatic heterocycles. The van der Waals surface area contributed by atoms with Gasteiger partial charge in [0.15, 0.2) is 0 Å². The van der Waals surface area contributed by atoms with Crippen molar-refractivity contribution in [3.63, 3.8) is 0 Å². The number of benzene rings is 3. The fourth-order valence-corrected chi connectivity index (χ4v) is 3.10. The third kappa shape index (κ3) is 3.03. The Hall–Kier alpha value is -2.65. The van der Waals surface area contributed by atoms with Crippen LogP contribution < -0.4 is 0 Å². The SMILES string of the molecule is Brc1cccc(-n2cc(-c3ccc(-c4ccccc4)cc3)cn2)c1. The van der Waals surface area contributed by atoms with E-state index in [1.54, 1.807) is 0 Å². The van der Waals surface area contributed by atoms with E-state index in [0.717, 1.165) is 21.3 Å². The molecule has 0 saturated heterocycles. The van der Waals surface area contributed by atoms with E-state index >= 15 is 0 Å². The molecule has 0 atom stereocenters. The highest BCUT2D eigenvalue weighted by Gasteiger charge is 2.05. The number of nitrogens with zero attached hydrogens (tertiary/aromatic N) is 2. The van der Waals surface area contributed by atoms with Gasteiger partial charge >= 0.3 is 0 Å². The molecule has 0 amide bonds. The molecule has 3 heteroatoms. The molecule has 0 aliphatic carbocycles. The maximum atomic E-state index is 4.48. The van der Waals surface area contributed by atoms with Gasteiger partial charge in [-0.05, 0) is 34.9 Å². The zero-order valence-corrected chi connectivity index (χ0v) is 14.5. The molecule has 3 aromatic carbocycles. The Morgan fingerprint density at radius 3 is 2.04 bits per heavy atom.